The number of nitrogens with zero attached hydrogens (tertiary/aromatic N) is 1. The van der Waals surface area contributed by atoms with Gasteiger partial charge in [-0.2, -0.15) is 4.31 Å². The Kier molecular flexibility index (Phi) is 3.49. The zero-order valence-electron chi connectivity index (χ0n) is 8.36. The molecule has 0 aromatic heterocycles. The summed E-state index contributed by atoms with van der Waals surface area (Å²) in [4.78, 5) is 0. The van der Waals surface area contributed by atoms with Gasteiger partial charge in [-0.25, -0.2) is 8.42 Å². The summed E-state index contributed by atoms with van der Waals surface area (Å²) in [7, 11) is -3.20. The van der Waals surface area contributed by atoms with Crippen molar-refractivity contribution in [1.82, 2.24) is 4.31 Å². The van der Waals surface area contributed by atoms with E-state index in [0.29, 0.717) is 13.0 Å². The molecule has 1 rings (SSSR count). The quantitative estimate of drug-likeness (QED) is 0.522. The maximum absolute atomic E-state index is 11.6. The third-order valence-corrected chi connectivity index (χ3v) is 4.42. The van der Waals surface area contributed by atoms with E-state index in [4.69, 9.17) is 11.1 Å². The average Bonchev–Trinajstić information content (AvgIpc) is 2.18. The molecule has 0 aromatic carbocycles. The fourth-order valence-electron chi connectivity index (χ4n) is 1.71. The van der Waals surface area contributed by atoms with E-state index in [9.17, 15) is 8.42 Å². The summed E-state index contributed by atoms with van der Waals surface area (Å²) in [5.41, 5.74) is 5.39. The van der Waals surface area contributed by atoms with Crippen molar-refractivity contribution in [3.05, 3.63) is 0 Å². The minimum absolute atomic E-state index is 0.0401. The van der Waals surface area contributed by atoms with Crippen molar-refractivity contribution in [2.75, 3.05) is 12.3 Å². The lowest BCUT2D eigenvalue weighted by Gasteiger charge is -2.33. The van der Waals surface area contributed by atoms with Crippen LogP contribution in [0, 0.1) is 5.41 Å². The fraction of sp³-hybridized carbons (Fsp3) is 0.875. The molecular formula is C8H17N3O2S. The van der Waals surface area contributed by atoms with E-state index in [2.05, 4.69) is 0 Å². The zero-order valence-corrected chi connectivity index (χ0v) is 9.18. The molecule has 14 heavy (non-hydrogen) atoms. The first kappa shape index (κ1) is 11.5. The van der Waals surface area contributed by atoms with Crippen molar-refractivity contribution in [3.63, 3.8) is 0 Å². The van der Waals surface area contributed by atoms with Gasteiger partial charge in [0.15, 0.2) is 0 Å². The van der Waals surface area contributed by atoms with E-state index in [1.807, 2.05) is 0 Å². The van der Waals surface area contributed by atoms with Crippen molar-refractivity contribution >= 4 is 15.9 Å². The van der Waals surface area contributed by atoms with E-state index < -0.39 is 16.1 Å². The highest BCUT2D eigenvalue weighted by Gasteiger charge is 2.32. The van der Waals surface area contributed by atoms with Crippen molar-refractivity contribution < 1.29 is 8.42 Å². The maximum Gasteiger partial charge on any atom is 0.214 e. The first-order valence-electron chi connectivity index (χ1n) is 4.82. The molecule has 3 N–H and O–H groups in total. The second kappa shape index (κ2) is 4.27. The Labute approximate surface area is 84.8 Å². The van der Waals surface area contributed by atoms with Gasteiger partial charge >= 0.3 is 0 Å². The molecule has 1 aliphatic rings. The van der Waals surface area contributed by atoms with Crippen LogP contribution in [0.1, 0.15) is 26.2 Å². The first-order chi connectivity index (χ1) is 6.49. The number of nitrogens with two attached hydrogens (primary N) is 1. The summed E-state index contributed by atoms with van der Waals surface area (Å²) in [5.74, 6) is 0.0401. The summed E-state index contributed by atoms with van der Waals surface area (Å²) in [6.07, 6.45) is 2.48. The number of rotatable bonds is 3. The van der Waals surface area contributed by atoms with Crippen molar-refractivity contribution in [2.45, 2.75) is 32.2 Å². The molecule has 0 saturated carbocycles. The molecule has 1 saturated heterocycles. The third kappa shape index (κ3) is 2.24. The molecule has 0 spiro atoms. The summed E-state index contributed by atoms with van der Waals surface area (Å²) < 4.78 is 24.7. The second-order valence-electron chi connectivity index (χ2n) is 3.48. The molecule has 0 amide bonds. The summed E-state index contributed by atoms with van der Waals surface area (Å²) in [5, 5.41) is 7.35. The van der Waals surface area contributed by atoms with Crippen molar-refractivity contribution in [3.8, 4) is 0 Å². The molecule has 5 nitrogen and oxygen atoms in total. The van der Waals surface area contributed by atoms with Gasteiger partial charge in [-0.15, -0.1) is 0 Å². The van der Waals surface area contributed by atoms with Crippen LogP contribution >= 0.6 is 0 Å². The van der Waals surface area contributed by atoms with Crippen LogP contribution in [-0.2, 0) is 10.0 Å². The van der Waals surface area contributed by atoms with Crippen LogP contribution < -0.4 is 5.73 Å². The van der Waals surface area contributed by atoms with Gasteiger partial charge in [0.2, 0.25) is 10.0 Å². The van der Waals surface area contributed by atoms with Crippen LogP contribution in [0.3, 0.4) is 0 Å². The summed E-state index contributed by atoms with van der Waals surface area (Å²) in [6, 6.07) is -0.409. The van der Waals surface area contributed by atoms with Crippen LogP contribution in [0.2, 0.25) is 0 Å². The standard InChI is InChI=1S/C8H17N3O2S/c1-2-14(12,13)11-6-4-3-5-7(11)8(9)10/h7H,2-6H2,1H3,(H3,9,10). The molecule has 82 valence electrons. The van der Waals surface area contributed by atoms with Gasteiger partial charge in [0.25, 0.3) is 0 Å². The number of nitrogens with one attached hydrogen (secondary N) is 1. The molecule has 1 aliphatic heterocycles. The molecule has 0 bridgehead atoms. The number of hydrogen-bond acceptors (Lipinski definition) is 3. The van der Waals surface area contributed by atoms with Gasteiger partial charge in [-0.1, -0.05) is 6.42 Å². The van der Waals surface area contributed by atoms with Gasteiger partial charge in [-0.3, -0.25) is 5.41 Å². The van der Waals surface area contributed by atoms with Crippen LogP contribution in [0.25, 0.3) is 0 Å². The molecule has 1 atom stereocenters. The third-order valence-electron chi connectivity index (χ3n) is 2.53. The lowest BCUT2D eigenvalue weighted by Crippen LogP contribution is -2.50. The largest absolute Gasteiger partial charge is 0.386 e. The predicted molar refractivity (Wildman–Crippen MR) is 55.7 cm³/mol. The lowest BCUT2D eigenvalue weighted by atomic mass is 10.0. The summed E-state index contributed by atoms with van der Waals surface area (Å²) in [6.45, 7) is 2.11. The Morgan fingerprint density at radius 1 is 1.57 bits per heavy atom. The van der Waals surface area contributed by atoms with Gasteiger partial charge < -0.3 is 5.73 Å². The minimum atomic E-state index is -3.20. The maximum atomic E-state index is 11.6. The van der Waals surface area contributed by atoms with Crippen molar-refractivity contribution in [1.29, 1.82) is 5.41 Å². The van der Waals surface area contributed by atoms with E-state index in [1.165, 1.54) is 4.31 Å². The molecule has 6 heteroatoms. The highest BCUT2D eigenvalue weighted by atomic mass is 32.2. The van der Waals surface area contributed by atoms with Gasteiger partial charge in [-0.05, 0) is 19.8 Å². The fourth-order valence-corrected chi connectivity index (χ4v) is 3.06. The van der Waals surface area contributed by atoms with E-state index in [0.717, 1.165) is 12.8 Å². The van der Waals surface area contributed by atoms with E-state index in [1.54, 1.807) is 6.92 Å². The molecule has 1 heterocycles. The highest BCUT2D eigenvalue weighted by Crippen LogP contribution is 2.20. The SMILES string of the molecule is CCS(=O)(=O)N1CCCCC1C(=N)N. The Morgan fingerprint density at radius 3 is 2.71 bits per heavy atom. The zero-order chi connectivity index (χ0) is 10.8. The molecule has 1 unspecified atom stereocenters. The van der Waals surface area contributed by atoms with Crippen molar-refractivity contribution in [2.24, 2.45) is 5.73 Å². The molecular weight excluding hydrogens is 202 g/mol. The number of amidine groups is 1. The average molecular weight is 219 g/mol. The normalized spacial score (nSPS) is 24.8. The van der Waals surface area contributed by atoms with Crippen LogP contribution in [0.15, 0.2) is 0 Å². The lowest BCUT2D eigenvalue weighted by molar-refractivity contribution is 0.304. The van der Waals surface area contributed by atoms with Gasteiger partial charge in [0.1, 0.15) is 5.84 Å². The molecule has 0 aromatic rings. The van der Waals surface area contributed by atoms with Gasteiger partial charge in [0, 0.05) is 6.54 Å². The Bertz CT molecular complexity index is 313. The molecule has 0 aliphatic carbocycles. The molecule has 0 radical (unpaired) electrons. The monoisotopic (exact) mass is 219 g/mol. The Hall–Kier alpha value is -0.620. The molecule has 1 fully saturated rings. The number of sulfonamides is 1. The van der Waals surface area contributed by atoms with E-state index in [-0.39, 0.29) is 11.6 Å². The Morgan fingerprint density at radius 2 is 2.21 bits per heavy atom. The smallest absolute Gasteiger partial charge is 0.214 e. The van der Waals surface area contributed by atoms with Crippen LogP contribution in [-0.4, -0.2) is 36.9 Å². The van der Waals surface area contributed by atoms with Gasteiger partial charge in [0.05, 0.1) is 11.8 Å². The second-order valence-corrected chi connectivity index (χ2v) is 5.69. The minimum Gasteiger partial charge on any atom is -0.386 e. The van der Waals surface area contributed by atoms with E-state index >= 15 is 0 Å². The number of piperidine rings is 1. The first-order valence-corrected chi connectivity index (χ1v) is 6.43. The highest BCUT2D eigenvalue weighted by molar-refractivity contribution is 7.89. The Balaban J connectivity index is 2.88. The predicted octanol–water partition coefficient (Wildman–Crippen LogP) is 0.127. The number of hydrogen-bond donors (Lipinski definition) is 2. The van der Waals surface area contributed by atoms with Crippen LogP contribution in [0.5, 0.6) is 0 Å². The van der Waals surface area contributed by atoms with Crippen LogP contribution in [0.4, 0.5) is 0 Å². The topological polar surface area (TPSA) is 87.2 Å². The summed E-state index contributed by atoms with van der Waals surface area (Å²) >= 11 is 0.